The van der Waals surface area contributed by atoms with Gasteiger partial charge in [-0.3, -0.25) is 0 Å². The highest BCUT2D eigenvalue weighted by Crippen LogP contribution is 2.26. The van der Waals surface area contributed by atoms with Crippen LogP contribution in [-0.2, 0) is 19.5 Å². The van der Waals surface area contributed by atoms with Gasteiger partial charge in [0.25, 0.3) is 0 Å². The topological polar surface area (TPSA) is 58.5 Å². The van der Waals surface area contributed by atoms with Crippen molar-refractivity contribution in [2.75, 3.05) is 6.54 Å². The Morgan fingerprint density at radius 1 is 1.23 bits per heavy atom. The van der Waals surface area contributed by atoms with Gasteiger partial charge in [-0.15, -0.1) is 24.5 Å². The Morgan fingerprint density at radius 2 is 2.00 bits per heavy atom. The Labute approximate surface area is 154 Å². The molecular weight excluding hydrogens is 365 g/mol. The van der Waals surface area contributed by atoms with E-state index in [1.807, 2.05) is 19.2 Å². The number of aliphatic imine (C=N–C) groups is 1. The van der Waals surface area contributed by atoms with Crippen LogP contribution >= 0.6 is 11.3 Å². The molecule has 9 heteroatoms. The van der Waals surface area contributed by atoms with Crippen LogP contribution in [0.15, 0.2) is 34.6 Å². The molecule has 0 atom stereocenters. The number of aromatic nitrogens is 1. The largest absolute Gasteiger partial charge is 0.573 e. The number of nitrogens with one attached hydrogen (secondary N) is 2. The Kier molecular flexibility index (Phi) is 7.26. The van der Waals surface area contributed by atoms with Gasteiger partial charge in [0, 0.05) is 17.5 Å². The number of hydrogen-bond acceptors (Lipinski definition) is 4. The number of hydrogen-bond donors (Lipinski definition) is 2. The maximum atomic E-state index is 12.5. The zero-order chi connectivity index (χ0) is 19.0. The van der Waals surface area contributed by atoms with Gasteiger partial charge < -0.3 is 15.4 Å². The van der Waals surface area contributed by atoms with E-state index in [1.54, 1.807) is 23.5 Å². The zero-order valence-electron chi connectivity index (χ0n) is 14.6. The minimum absolute atomic E-state index is 0.0544. The second-order valence-electron chi connectivity index (χ2n) is 5.29. The highest BCUT2D eigenvalue weighted by molar-refractivity contribution is 7.09. The molecule has 0 unspecified atom stereocenters. The van der Waals surface area contributed by atoms with Crippen molar-refractivity contribution in [2.24, 2.45) is 4.99 Å². The Balaban J connectivity index is 2.04. The summed E-state index contributed by atoms with van der Waals surface area (Å²) < 4.78 is 41.5. The average molecular weight is 386 g/mol. The van der Waals surface area contributed by atoms with E-state index in [9.17, 15) is 13.2 Å². The predicted octanol–water partition coefficient (Wildman–Crippen LogP) is 3.86. The summed E-state index contributed by atoms with van der Waals surface area (Å²) in [4.78, 5) is 8.80. The van der Waals surface area contributed by atoms with E-state index in [0.717, 1.165) is 17.1 Å². The smallest absolute Gasteiger partial charge is 0.405 e. The molecule has 0 aliphatic carbocycles. The van der Waals surface area contributed by atoms with Gasteiger partial charge >= 0.3 is 6.36 Å². The number of guanidine groups is 1. The SMILES string of the molecule is CCNC(=NCc1ccccc1OC(F)(F)F)NCc1csc(CC)n1. The molecule has 2 rings (SSSR count). The second kappa shape index (κ2) is 9.42. The first kappa shape index (κ1) is 20.0. The van der Waals surface area contributed by atoms with Crippen molar-refractivity contribution < 1.29 is 17.9 Å². The Bertz CT molecular complexity index is 731. The summed E-state index contributed by atoms with van der Waals surface area (Å²) in [5.41, 5.74) is 1.25. The van der Waals surface area contributed by atoms with Crippen LogP contribution in [0.4, 0.5) is 13.2 Å². The number of rotatable bonds is 7. The molecule has 0 aliphatic heterocycles. The van der Waals surface area contributed by atoms with Crippen LogP contribution in [0.5, 0.6) is 5.75 Å². The highest BCUT2D eigenvalue weighted by Gasteiger charge is 2.31. The number of ether oxygens (including phenoxy) is 1. The molecule has 0 bridgehead atoms. The van der Waals surface area contributed by atoms with Crippen LogP contribution < -0.4 is 15.4 Å². The summed E-state index contributed by atoms with van der Waals surface area (Å²) in [6, 6.07) is 5.98. The van der Waals surface area contributed by atoms with E-state index < -0.39 is 6.36 Å². The van der Waals surface area contributed by atoms with Crippen molar-refractivity contribution in [3.8, 4) is 5.75 Å². The van der Waals surface area contributed by atoms with Gasteiger partial charge in [0.2, 0.25) is 0 Å². The van der Waals surface area contributed by atoms with Gasteiger partial charge in [-0.05, 0) is 19.4 Å². The molecule has 0 aliphatic rings. The quantitative estimate of drug-likeness (QED) is 0.560. The summed E-state index contributed by atoms with van der Waals surface area (Å²) in [6.07, 6.45) is -3.85. The van der Waals surface area contributed by atoms with Crippen molar-refractivity contribution in [1.29, 1.82) is 0 Å². The molecule has 0 saturated heterocycles. The van der Waals surface area contributed by atoms with Gasteiger partial charge in [0.1, 0.15) is 5.75 Å². The molecule has 0 spiro atoms. The highest BCUT2D eigenvalue weighted by atomic mass is 32.1. The lowest BCUT2D eigenvalue weighted by Gasteiger charge is -2.13. The minimum atomic E-state index is -4.73. The molecule has 0 amide bonds. The fraction of sp³-hybridized carbons (Fsp3) is 0.412. The zero-order valence-corrected chi connectivity index (χ0v) is 15.4. The first-order valence-corrected chi connectivity index (χ1v) is 9.08. The van der Waals surface area contributed by atoms with E-state index in [-0.39, 0.29) is 12.3 Å². The van der Waals surface area contributed by atoms with Crippen molar-refractivity contribution >= 4 is 17.3 Å². The molecule has 5 nitrogen and oxygen atoms in total. The standard InChI is InChI=1S/C17H21F3N4OS/c1-3-15-24-13(11-26-15)10-23-16(21-4-2)22-9-12-7-5-6-8-14(12)25-17(18,19)20/h5-8,11H,3-4,9-10H2,1-2H3,(H2,21,22,23). The lowest BCUT2D eigenvalue weighted by Crippen LogP contribution is -2.36. The van der Waals surface area contributed by atoms with Gasteiger partial charge in [0.15, 0.2) is 5.96 Å². The van der Waals surface area contributed by atoms with Crippen LogP contribution in [0.25, 0.3) is 0 Å². The number of nitrogens with zero attached hydrogens (tertiary/aromatic N) is 2. The summed E-state index contributed by atoms with van der Waals surface area (Å²) in [7, 11) is 0. The van der Waals surface area contributed by atoms with Gasteiger partial charge in [-0.1, -0.05) is 25.1 Å². The number of para-hydroxylation sites is 1. The van der Waals surface area contributed by atoms with E-state index in [4.69, 9.17) is 0 Å². The maximum absolute atomic E-state index is 12.5. The number of aryl methyl sites for hydroxylation is 1. The molecule has 2 N–H and O–H groups in total. The second-order valence-corrected chi connectivity index (χ2v) is 6.23. The number of halogens is 3. The number of alkyl halides is 3. The first-order chi connectivity index (χ1) is 12.4. The average Bonchev–Trinajstić information content (AvgIpc) is 3.05. The van der Waals surface area contributed by atoms with Crippen LogP contribution in [-0.4, -0.2) is 23.9 Å². The normalized spacial score (nSPS) is 12.1. The third kappa shape index (κ3) is 6.55. The van der Waals surface area contributed by atoms with E-state index in [1.165, 1.54) is 12.1 Å². The van der Waals surface area contributed by atoms with E-state index in [2.05, 4.69) is 25.3 Å². The third-order valence-corrected chi connectivity index (χ3v) is 4.33. The minimum Gasteiger partial charge on any atom is -0.405 e. The van der Waals surface area contributed by atoms with E-state index in [0.29, 0.717) is 24.6 Å². The lowest BCUT2D eigenvalue weighted by atomic mass is 10.2. The van der Waals surface area contributed by atoms with Crippen molar-refractivity contribution in [3.63, 3.8) is 0 Å². The van der Waals surface area contributed by atoms with Crippen LogP contribution in [0.1, 0.15) is 30.1 Å². The van der Waals surface area contributed by atoms with Gasteiger partial charge in [0.05, 0.1) is 23.8 Å². The molecule has 2 aromatic rings. The molecule has 1 aromatic heterocycles. The Hall–Kier alpha value is -2.29. The first-order valence-electron chi connectivity index (χ1n) is 8.20. The van der Waals surface area contributed by atoms with Crippen LogP contribution in [0.2, 0.25) is 0 Å². The molecule has 0 saturated carbocycles. The lowest BCUT2D eigenvalue weighted by molar-refractivity contribution is -0.274. The maximum Gasteiger partial charge on any atom is 0.573 e. The number of thiazole rings is 1. The molecule has 26 heavy (non-hydrogen) atoms. The van der Waals surface area contributed by atoms with Crippen molar-refractivity contribution in [3.05, 3.63) is 45.9 Å². The molecule has 1 heterocycles. The summed E-state index contributed by atoms with van der Waals surface area (Å²) in [5, 5.41) is 9.23. The molecule has 0 fully saturated rings. The van der Waals surface area contributed by atoms with Crippen molar-refractivity contribution in [1.82, 2.24) is 15.6 Å². The van der Waals surface area contributed by atoms with Gasteiger partial charge in [-0.25, -0.2) is 9.98 Å². The Morgan fingerprint density at radius 3 is 2.65 bits per heavy atom. The van der Waals surface area contributed by atoms with Crippen LogP contribution in [0, 0.1) is 0 Å². The third-order valence-electron chi connectivity index (χ3n) is 3.29. The molecule has 1 aromatic carbocycles. The van der Waals surface area contributed by atoms with Crippen LogP contribution in [0.3, 0.4) is 0 Å². The summed E-state index contributed by atoms with van der Waals surface area (Å²) >= 11 is 1.60. The predicted molar refractivity (Wildman–Crippen MR) is 96.3 cm³/mol. The fourth-order valence-electron chi connectivity index (χ4n) is 2.13. The fourth-order valence-corrected chi connectivity index (χ4v) is 2.88. The molecule has 142 valence electrons. The number of benzene rings is 1. The molecule has 0 radical (unpaired) electrons. The monoisotopic (exact) mass is 386 g/mol. The summed E-state index contributed by atoms with van der Waals surface area (Å²) in [6.45, 7) is 5.13. The van der Waals surface area contributed by atoms with E-state index >= 15 is 0 Å². The van der Waals surface area contributed by atoms with Crippen molar-refractivity contribution in [2.45, 2.75) is 39.7 Å². The molecular formula is C17H21F3N4OS. The summed E-state index contributed by atoms with van der Waals surface area (Å²) in [5.74, 6) is 0.257. The van der Waals surface area contributed by atoms with Gasteiger partial charge in [-0.2, -0.15) is 0 Å².